The van der Waals surface area contributed by atoms with Crippen molar-refractivity contribution < 1.29 is 9.47 Å². The predicted molar refractivity (Wildman–Crippen MR) is 86.7 cm³/mol. The molecule has 0 spiro atoms. The quantitative estimate of drug-likeness (QED) is 0.870. The summed E-state index contributed by atoms with van der Waals surface area (Å²) in [6.07, 6.45) is 7.70. The van der Waals surface area contributed by atoms with E-state index >= 15 is 0 Å². The van der Waals surface area contributed by atoms with E-state index in [1.54, 1.807) is 7.11 Å². The molecule has 1 aromatic carbocycles. The highest BCUT2D eigenvalue weighted by Crippen LogP contribution is 2.45. The van der Waals surface area contributed by atoms with Crippen LogP contribution in [0.1, 0.15) is 49.3 Å². The Bertz CT molecular complexity index is 672. The monoisotopic (exact) mass is 313 g/mol. The molecule has 2 heterocycles. The third-order valence-corrected chi connectivity index (χ3v) is 5.38. The number of methoxy groups -OCH3 is 1. The van der Waals surface area contributed by atoms with Gasteiger partial charge in [0.05, 0.1) is 18.3 Å². The highest BCUT2D eigenvalue weighted by molar-refractivity contribution is 5.35. The van der Waals surface area contributed by atoms with Crippen molar-refractivity contribution in [3.8, 4) is 5.75 Å². The highest BCUT2D eigenvalue weighted by Gasteiger charge is 2.42. The Morgan fingerprint density at radius 3 is 2.78 bits per heavy atom. The van der Waals surface area contributed by atoms with Crippen LogP contribution in [0, 0.1) is 0 Å². The lowest BCUT2D eigenvalue weighted by Crippen LogP contribution is -2.42. The zero-order chi connectivity index (χ0) is 15.7. The summed E-state index contributed by atoms with van der Waals surface area (Å²) in [5.41, 5.74) is 2.33. The number of hydrogen-bond donors (Lipinski definition) is 0. The number of nitrogens with zero attached hydrogens (tertiary/aromatic N) is 3. The average Bonchev–Trinajstić information content (AvgIpc) is 3.05. The lowest BCUT2D eigenvalue weighted by molar-refractivity contribution is 0.0844. The number of hydrogen-bond acceptors (Lipinski definition) is 4. The van der Waals surface area contributed by atoms with Gasteiger partial charge in [0.25, 0.3) is 0 Å². The van der Waals surface area contributed by atoms with Crippen molar-refractivity contribution in [3.63, 3.8) is 0 Å². The molecule has 1 aliphatic heterocycles. The van der Waals surface area contributed by atoms with Crippen LogP contribution < -0.4 is 4.74 Å². The summed E-state index contributed by atoms with van der Waals surface area (Å²) in [6, 6.07) is 8.36. The minimum absolute atomic E-state index is 0.0506. The summed E-state index contributed by atoms with van der Waals surface area (Å²) in [7, 11) is 1.71. The third kappa shape index (κ3) is 2.53. The third-order valence-electron chi connectivity index (χ3n) is 5.38. The molecule has 0 atom stereocenters. The fraction of sp³-hybridized carbons (Fsp3) is 0.556. The molecule has 1 aliphatic carbocycles. The first-order chi connectivity index (χ1) is 11.3. The second kappa shape index (κ2) is 5.96. The first kappa shape index (κ1) is 14.7. The summed E-state index contributed by atoms with van der Waals surface area (Å²) in [4.78, 5) is 0. The lowest BCUT2D eigenvalue weighted by atomic mass is 9.72. The molecule has 2 fully saturated rings. The summed E-state index contributed by atoms with van der Waals surface area (Å²) in [5.74, 6) is 1.39. The first-order valence-corrected chi connectivity index (χ1v) is 8.47. The van der Waals surface area contributed by atoms with Gasteiger partial charge in [0.15, 0.2) is 0 Å². The molecule has 122 valence electrons. The van der Waals surface area contributed by atoms with Gasteiger partial charge in [-0.2, -0.15) is 0 Å². The van der Waals surface area contributed by atoms with Gasteiger partial charge < -0.3 is 9.47 Å². The van der Waals surface area contributed by atoms with E-state index in [4.69, 9.17) is 9.47 Å². The minimum Gasteiger partial charge on any atom is -0.497 e. The van der Waals surface area contributed by atoms with E-state index in [2.05, 4.69) is 39.4 Å². The zero-order valence-corrected chi connectivity index (χ0v) is 13.6. The van der Waals surface area contributed by atoms with Gasteiger partial charge in [0.2, 0.25) is 0 Å². The molecule has 1 saturated carbocycles. The smallest absolute Gasteiger partial charge is 0.119 e. The minimum atomic E-state index is -0.0506. The van der Waals surface area contributed by atoms with E-state index in [0.29, 0.717) is 5.92 Å². The van der Waals surface area contributed by atoms with Gasteiger partial charge in [0, 0.05) is 25.3 Å². The second-order valence-electron chi connectivity index (χ2n) is 6.59. The summed E-state index contributed by atoms with van der Waals surface area (Å²) in [6.45, 7) is 1.66. The topological polar surface area (TPSA) is 49.2 Å². The van der Waals surface area contributed by atoms with Crippen molar-refractivity contribution in [3.05, 3.63) is 41.7 Å². The fourth-order valence-electron chi connectivity index (χ4n) is 3.74. The molecule has 5 heteroatoms. The van der Waals surface area contributed by atoms with Crippen LogP contribution >= 0.6 is 0 Å². The van der Waals surface area contributed by atoms with E-state index in [-0.39, 0.29) is 5.54 Å². The lowest BCUT2D eigenvalue weighted by Gasteiger charge is -2.42. The van der Waals surface area contributed by atoms with E-state index in [1.807, 2.05) is 6.07 Å². The Balaban J connectivity index is 1.65. The van der Waals surface area contributed by atoms with Gasteiger partial charge >= 0.3 is 0 Å². The summed E-state index contributed by atoms with van der Waals surface area (Å²) in [5, 5.41) is 8.98. The molecular formula is C18H23N3O2. The van der Waals surface area contributed by atoms with Gasteiger partial charge in [0.1, 0.15) is 5.75 Å². The van der Waals surface area contributed by atoms with Gasteiger partial charge in [-0.25, -0.2) is 4.68 Å². The van der Waals surface area contributed by atoms with Crippen molar-refractivity contribution in [2.24, 2.45) is 0 Å². The van der Waals surface area contributed by atoms with Crippen LogP contribution in [-0.2, 0) is 10.3 Å². The summed E-state index contributed by atoms with van der Waals surface area (Å²) < 4.78 is 12.9. The molecule has 0 bridgehead atoms. The molecule has 0 N–H and O–H groups in total. The Morgan fingerprint density at radius 2 is 2.09 bits per heavy atom. The van der Waals surface area contributed by atoms with Crippen molar-refractivity contribution in [2.45, 2.75) is 43.6 Å². The van der Waals surface area contributed by atoms with Crippen LogP contribution in [0.4, 0.5) is 0 Å². The number of ether oxygens (including phenoxy) is 2. The first-order valence-electron chi connectivity index (χ1n) is 8.47. The van der Waals surface area contributed by atoms with Crippen molar-refractivity contribution in [1.29, 1.82) is 0 Å². The number of rotatable bonds is 4. The molecular weight excluding hydrogens is 290 g/mol. The maximum atomic E-state index is 5.45. The Morgan fingerprint density at radius 1 is 1.26 bits per heavy atom. The van der Waals surface area contributed by atoms with Crippen LogP contribution in [0.15, 0.2) is 30.5 Å². The van der Waals surface area contributed by atoms with Crippen LogP contribution in [0.5, 0.6) is 5.75 Å². The molecule has 5 nitrogen and oxygen atoms in total. The molecule has 2 aromatic rings. The van der Waals surface area contributed by atoms with E-state index in [0.717, 1.165) is 50.3 Å². The highest BCUT2D eigenvalue weighted by atomic mass is 16.5. The van der Waals surface area contributed by atoms with Crippen LogP contribution in [0.3, 0.4) is 0 Å². The van der Waals surface area contributed by atoms with Gasteiger partial charge in [-0.15, -0.1) is 5.10 Å². The standard InChI is InChI=1S/C18H23N3O2/c1-22-16-5-2-4-15(12-16)18(8-3-9-18)21-13-17(19-20-21)14-6-10-23-11-7-14/h2,4-5,12-14H,3,6-11H2,1H3. The van der Waals surface area contributed by atoms with Gasteiger partial charge in [-0.1, -0.05) is 17.3 Å². The van der Waals surface area contributed by atoms with E-state index in [9.17, 15) is 0 Å². The van der Waals surface area contributed by atoms with E-state index < -0.39 is 0 Å². The SMILES string of the molecule is COc1cccc(C2(n3cc(C4CCOCC4)nn3)CCC2)c1. The Hall–Kier alpha value is -1.88. The molecule has 0 amide bonds. The maximum absolute atomic E-state index is 5.45. The second-order valence-corrected chi connectivity index (χ2v) is 6.59. The van der Waals surface area contributed by atoms with Crippen molar-refractivity contribution in [2.75, 3.05) is 20.3 Å². The molecule has 0 unspecified atom stereocenters. The number of aromatic nitrogens is 3. The van der Waals surface area contributed by atoms with Crippen molar-refractivity contribution >= 4 is 0 Å². The predicted octanol–water partition coefficient (Wildman–Crippen LogP) is 3.11. The largest absolute Gasteiger partial charge is 0.497 e. The van der Waals surface area contributed by atoms with E-state index in [1.165, 1.54) is 12.0 Å². The fourth-order valence-corrected chi connectivity index (χ4v) is 3.74. The zero-order valence-electron chi connectivity index (χ0n) is 13.6. The molecule has 0 radical (unpaired) electrons. The number of benzene rings is 1. The Labute approximate surface area is 136 Å². The molecule has 1 aromatic heterocycles. The van der Waals surface area contributed by atoms with Crippen molar-refractivity contribution in [1.82, 2.24) is 15.0 Å². The van der Waals surface area contributed by atoms with Gasteiger partial charge in [-0.3, -0.25) is 0 Å². The normalized spacial score (nSPS) is 20.9. The van der Waals surface area contributed by atoms with Crippen LogP contribution in [0.25, 0.3) is 0 Å². The Kier molecular flexibility index (Phi) is 3.81. The molecule has 1 saturated heterocycles. The maximum Gasteiger partial charge on any atom is 0.119 e. The molecule has 2 aliphatic rings. The molecule has 23 heavy (non-hydrogen) atoms. The summed E-state index contributed by atoms with van der Waals surface area (Å²) >= 11 is 0. The van der Waals surface area contributed by atoms with Crippen LogP contribution in [0.2, 0.25) is 0 Å². The van der Waals surface area contributed by atoms with Crippen LogP contribution in [-0.4, -0.2) is 35.3 Å². The molecule has 4 rings (SSSR count). The van der Waals surface area contributed by atoms with Gasteiger partial charge in [-0.05, 0) is 49.8 Å². The average molecular weight is 313 g/mol.